The number of amides is 1. The molecule has 0 aromatic heterocycles. The Morgan fingerprint density at radius 3 is 1.97 bits per heavy atom. The van der Waals surface area contributed by atoms with Crippen molar-refractivity contribution >= 4 is 31.6 Å². The lowest BCUT2D eigenvalue weighted by Gasteiger charge is -2.18. The Labute approximate surface area is 172 Å². The van der Waals surface area contributed by atoms with Gasteiger partial charge in [0.25, 0.3) is 5.91 Å². The summed E-state index contributed by atoms with van der Waals surface area (Å²) in [5.41, 5.74) is 0.577. The van der Waals surface area contributed by atoms with Crippen molar-refractivity contribution in [3.63, 3.8) is 0 Å². The monoisotopic (exact) mass is 439 g/mol. The Morgan fingerprint density at radius 1 is 0.862 bits per heavy atom. The zero-order valence-electron chi connectivity index (χ0n) is 16.8. The fourth-order valence-electron chi connectivity index (χ4n) is 2.63. The van der Waals surface area contributed by atoms with Crippen LogP contribution in [0.2, 0.25) is 0 Å². The molecule has 2 aromatic carbocycles. The number of hydrogen-bond donors (Lipinski definition) is 1. The van der Waals surface area contributed by atoms with Crippen molar-refractivity contribution in [3.05, 3.63) is 54.1 Å². The van der Waals surface area contributed by atoms with E-state index in [1.165, 1.54) is 66.9 Å². The molecule has 1 N–H and O–H groups in total. The Balaban J connectivity index is 2.24. The Bertz CT molecular complexity index is 1080. The van der Waals surface area contributed by atoms with E-state index < -0.39 is 26.0 Å². The van der Waals surface area contributed by atoms with E-state index in [-0.39, 0.29) is 15.4 Å². The highest BCUT2D eigenvalue weighted by Gasteiger charge is 2.22. The van der Waals surface area contributed by atoms with Crippen LogP contribution in [0.3, 0.4) is 0 Å². The van der Waals surface area contributed by atoms with Crippen LogP contribution in [0, 0.1) is 0 Å². The third-order valence-electron chi connectivity index (χ3n) is 4.33. The smallest absolute Gasteiger partial charge is 0.255 e. The van der Waals surface area contributed by atoms with Gasteiger partial charge in [0.05, 0.1) is 9.79 Å². The summed E-state index contributed by atoms with van der Waals surface area (Å²) >= 11 is 0. The minimum absolute atomic E-state index is 0.0428. The van der Waals surface area contributed by atoms with Crippen LogP contribution < -0.4 is 5.32 Å². The molecule has 0 aliphatic rings. The molecular weight excluding hydrogens is 414 g/mol. The van der Waals surface area contributed by atoms with E-state index >= 15 is 0 Å². The molecule has 29 heavy (non-hydrogen) atoms. The molecule has 158 valence electrons. The first-order valence-corrected chi connectivity index (χ1v) is 11.9. The number of nitrogens with one attached hydrogen (secondary N) is 1. The molecule has 10 heteroatoms. The van der Waals surface area contributed by atoms with Crippen molar-refractivity contribution in [2.75, 3.05) is 32.5 Å². The number of carbonyl (C=O) groups excluding carboxylic acids is 1. The van der Waals surface area contributed by atoms with Crippen molar-refractivity contribution in [1.82, 2.24) is 8.61 Å². The standard InChI is InChI=1S/C19H25N3O5S2/c1-5-22(6-2)29(26,27)18-9-7-8-15(14-18)19(23)20-16-10-12-17(13-11-16)28(24,25)21(3)4/h7-14H,5-6H2,1-4H3,(H,20,23). The summed E-state index contributed by atoms with van der Waals surface area (Å²) in [5.74, 6) is -0.496. The Kier molecular flexibility index (Phi) is 7.17. The fourth-order valence-corrected chi connectivity index (χ4v) is 5.04. The molecule has 8 nitrogen and oxygen atoms in total. The molecule has 0 radical (unpaired) electrons. The van der Waals surface area contributed by atoms with Crippen molar-refractivity contribution in [2.45, 2.75) is 23.6 Å². The highest BCUT2D eigenvalue weighted by molar-refractivity contribution is 7.89. The molecule has 0 aliphatic heterocycles. The summed E-state index contributed by atoms with van der Waals surface area (Å²) in [6.45, 7) is 4.16. The number of nitrogens with zero attached hydrogens (tertiary/aromatic N) is 2. The van der Waals surface area contributed by atoms with Gasteiger partial charge in [-0.2, -0.15) is 4.31 Å². The number of benzene rings is 2. The lowest BCUT2D eigenvalue weighted by Crippen LogP contribution is -2.30. The molecule has 0 unspecified atom stereocenters. The Morgan fingerprint density at radius 2 is 1.45 bits per heavy atom. The largest absolute Gasteiger partial charge is 0.322 e. The molecule has 2 rings (SSSR count). The van der Waals surface area contributed by atoms with E-state index in [4.69, 9.17) is 0 Å². The van der Waals surface area contributed by atoms with Crippen molar-refractivity contribution in [3.8, 4) is 0 Å². The lowest BCUT2D eigenvalue weighted by atomic mass is 10.2. The summed E-state index contributed by atoms with van der Waals surface area (Å²) in [5, 5.41) is 2.65. The summed E-state index contributed by atoms with van der Waals surface area (Å²) in [6, 6.07) is 11.5. The Hall–Kier alpha value is -2.27. The van der Waals surface area contributed by atoms with Gasteiger partial charge in [-0.1, -0.05) is 19.9 Å². The van der Waals surface area contributed by atoms with Gasteiger partial charge < -0.3 is 5.32 Å². The van der Waals surface area contributed by atoms with Crippen LogP contribution in [-0.4, -0.2) is 58.5 Å². The lowest BCUT2D eigenvalue weighted by molar-refractivity contribution is 0.102. The molecule has 0 saturated carbocycles. The molecule has 0 spiro atoms. The first-order chi connectivity index (χ1) is 13.5. The predicted molar refractivity (Wildman–Crippen MR) is 112 cm³/mol. The van der Waals surface area contributed by atoms with Crippen molar-refractivity contribution in [2.24, 2.45) is 0 Å². The second-order valence-corrected chi connectivity index (χ2v) is 10.5. The number of sulfonamides is 2. The predicted octanol–water partition coefficient (Wildman–Crippen LogP) is 2.22. The fraction of sp³-hybridized carbons (Fsp3) is 0.316. The third-order valence-corrected chi connectivity index (χ3v) is 8.21. The van der Waals surface area contributed by atoms with E-state index in [9.17, 15) is 21.6 Å². The molecular formula is C19H25N3O5S2. The maximum absolute atomic E-state index is 12.6. The number of hydrogen-bond acceptors (Lipinski definition) is 5. The highest BCUT2D eigenvalue weighted by Crippen LogP contribution is 2.20. The van der Waals surface area contributed by atoms with Crippen LogP contribution in [0.5, 0.6) is 0 Å². The van der Waals surface area contributed by atoms with Gasteiger partial charge in [0.1, 0.15) is 0 Å². The molecule has 0 saturated heterocycles. The topological polar surface area (TPSA) is 104 Å². The molecule has 2 aromatic rings. The van der Waals surface area contributed by atoms with Crippen LogP contribution in [0.4, 0.5) is 5.69 Å². The molecule has 0 bridgehead atoms. The summed E-state index contributed by atoms with van der Waals surface area (Å²) in [6.07, 6.45) is 0. The van der Waals surface area contributed by atoms with Crippen LogP contribution >= 0.6 is 0 Å². The van der Waals surface area contributed by atoms with Gasteiger partial charge in [0.2, 0.25) is 20.0 Å². The minimum Gasteiger partial charge on any atom is -0.322 e. The van der Waals surface area contributed by atoms with Gasteiger partial charge >= 0.3 is 0 Å². The average molecular weight is 440 g/mol. The van der Waals surface area contributed by atoms with Crippen LogP contribution in [0.25, 0.3) is 0 Å². The highest BCUT2D eigenvalue weighted by atomic mass is 32.2. The van der Waals surface area contributed by atoms with Gasteiger partial charge in [-0.25, -0.2) is 21.1 Å². The van der Waals surface area contributed by atoms with Gasteiger partial charge in [-0.05, 0) is 42.5 Å². The van der Waals surface area contributed by atoms with Gasteiger partial charge in [-0.3, -0.25) is 4.79 Å². The molecule has 1 amide bonds. The van der Waals surface area contributed by atoms with Gasteiger partial charge in [-0.15, -0.1) is 0 Å². The van der Waals surface area contributed by atoms with E-state index in [0.29, 0.717) is 18.8 Å². The summed E-state index contributed by atoms with van der Waals surface area (Å²) < 4.78 is 51.9. The molecule has 0 atom stereocenters. The quantitative estimate of drug-likeness (QED) is 0.679. The van der Waals surface area contributed by atoms with Gasteiger partial charge in [0.15, 0.2) is 0 Å². The first kappa shape index (κ1) is 23.0. The number of carbonyl (C=O) groups is 1. The van der Waals surface area contributed by atoms with Crippen molar-refractivity contribution in [1.29, 1.82) is 0 Å². The van der Waals surface area contributed by atoms with E-state index in [0.717, 1.165) is 4.31 Å². The maximum atomic E-state index is 12.6. The van der Waals surface area contributed by atoms with Crippen LogP contribution in [0.15, 0.2) is 58.3 Å². The average Bonchev–Trinajstić information content (AvgIpc) is 2.69. The zero-order valence-corrected chi connectivity index (χ0v) is 18.4. The third kappa shape index (κ3) is 5.02. The first-order valence-electron chi connectivity index (χ1n) is 8.98. The number of rotatable bonds is 8. The van der Waals surface area contributed by atoms with E-state index in [1.807, 2.05) is 0 Å². The van der Waals surface area contributed by atoms with Crippen molar-refractivity contribution < 1.29 is 21.6 Å². The van der Waals surface area contributed by atoms with E-state index in [2.05, 4.69) is 5.32 Å². The second-order valence-electron chi connectivity index (χ2n) is 6.38. The zero-order chi connectivity index (χ0) is 21.8. The SMILES string of the molecule is CCN(CC)S(=O)(=O)c1cccc(C(=O)Nc2ccc(S(=O)(=O)N(C)C)cc2)c1. The van der Waals surface area contributed by atoms with Gasteiger partial charge in [0, 0.05) is 38.4 Å². The normalized spacial score (nSPS) is 12.3. The number of anilines is 1. The molecule has 0 aliphatic carbocycles. The summed E-state index contributed by atoms with van der Waals surface area (Å²) in [7, 11) is -4.37. The molecule has 0 heterocycles. The maximum Gasteiger partial charge on any atom is 0.255 e. The van der Waals surface area contributed by atoms with Crippen LogP contribution in [-0.2, 0) is 20.0 Å². The minimum atomic E-state index is -3.68. The van der Waals surface area contributed by atoms with E-state index in [1.54, 1.807) is 13.8 Å². The summed E-state index contributed by atoms with van der Waals surface area (Å²) in [4.78, 5) is 12.7. The second kappa shape index (κ2) is 9.04. The molecule has 0 fully saturated rings. The van der Waals surface area contributed by atoms with Crippen LogP contribution in [0.1, 0.15) is 24.2 Å².